The molecule has 2 aliphatic heterocycles. The van der Waals surface area contributed by atoms with Crippen molar-refractivity contribution >= 4 is 0 Å². The fraction of sp³-hybridized carbons (Fsp3) is 0.355. The molecule has 5 nitrogen and oxygen atoms in total. The Balaban J connectivity index is 1.43. The van der Waals surface area contributed by atoms with E-state index in [1.165, 1.54) is 0 Å². The maximum absolute atomic E-state index is 6.63. The van der Waals surface area contributed by atoms with E-state index in [-0.39, 0.29) is 12.2 Å². The maximum atomic E-state index is 6.63. The minimum Gasteiger partial charge on any atom is -0.368 e. The van der Waals surface area contributed by atoms with Gasteiger partial charge in [0.25, 0.3) is 0 Å². The van der Waals surface area contributed by atoms with Crippen molar-refractivity contribution < 1.29 is 23.7 Å². The van der Waals surface area contributed by atoms with Crippen LogP contribution in [-0.4, -0.2) is 36.8 Å². The first-order chi connectivity index (χ1) is 17.7. The number of hydrogen-bond acceptors (Lipinski definition) is 5. The monoisotopic (exact) mass is 486 g/mol. The zero-order valence-corrected chi connectivity index (χ0v) is 20.7. The minimum absolute atomic E-state index is 0.252. The SMILES string of the molecule is C[C@@H]1O[C@]2(CC=CCO2)[C@H](OCc2ccccc2)[C@H](OCc2ccccc2)[C@H]1OCc1ccccc1. The molecule has 188 valence electrons. The highest BCUT2D eigenvalue weighted by Crippen LogP contribution is 2.41. The number of benzene rings is 3. The summed E-state index contributed by atoms with van der Waals surface area (Å²) < 4.78 is 32.6. The summed E-state index contributed by atoms with van der Waals surface area (Å²) >= 11 is 0. The van der Waals surface area contributed by atoms with Gasteiger partial charge in [-0.15, -0.1) is 0 Å². The Morgan fingerprint density at radius 3 is 1.67 bits per heavy atom. The molecule has 0 aromatic heterocycles. The van der Waals surface area contributed by atoms with E-state index in [9.17, 15) is 0 Å². The van der Waals surface area contributed by atoms with E-state index in [1.54, 1.807) is 0 Å². The summed E-state index contributed by atoms with van der Waals surface area (Å²) in [6.45, 7) is 3.84. The van der Waals surface area contributed by atoms with Gasteiger partial charge in [-0.1, -0.05) is 103 Å². The molecule has 5 heteroatoms. The van der Waals surface area contributed by atoms with Gasteiger partial charge in [0.05, 0.1) is 32.5 Å². The van der Waals surface area contributed by atoms with Gasteiger partial charge in [-0.3, -0.25) is 0 Å². The quantitative estimate of drug-likeness (QED) is 0.356. The standard InChI is InChI=1S/C31H34O5/c1-24-28(32-21-25-13-5-2-6-14-25)29(33-22-26-15-7-3-8-16-26)30(31(36-24)19-11-12-20-35-31)34-23-27-17-9-4-10-18-27/h2-18,24,28-30H,19-23H2,1H3/t24-,28-,29+,30+,31+/m0/s1. The minimum atomic E-state index is -0.934. The Morgan fingerprint density at radius 1 is 0.667 bits per heavy atom. The van der Waals surface area contributed by atoms with Crippen molar-refractivity contribution in [3.63, 3.8) is 0 Å². The van der Waals surface area contributed by atoms with Gasteiger partial charge in [-0.2, -0.15) is 0 Å². The Kier molecular flexibility index (Phi) is 8.26. The molecule has 0 unspecified atom stereocenters. The van der Waals surface area contributed by atoms with E-state index in [4.69, 9.17) is 23.7 Å². The highest BCUT2D eigenvalue weighted by atomic mass is 16.7. The normalized spacial score (nSPS) is 27.8. The lowest BCUT2D eigenvalue weighted by Gasteiger charge is -2.52. The lowest BCUT2D eigenvalue weighted by molar-refractivity contribution is -0.375. The second kappa shape index (κ2) is 12.0. The molecule has 5 rings (SSSR count). The molecule has 2 aliphatic rings. The summed E-state index contributed by atoms with van der Waals surface area (Å²) in [5.74, 6) is -0.934. The van der Waals surface area contributed by atoms with Crippen LogP contribution < -0.4 is 0 Å². The van der Waals surface area contributed by atoms with Crippen LogP contribution in [0.15, 0.2) is 103 Å². The molecular weight excluding hydrogens is 452 g/mol. The van der Waals surface area contributed by atoms with Crippen molar-refractivity contribution in [3.8, 4) is 0 Å². The Bertz CT molecular complexity index is 1090. The van der Waals surface area contributed by atoms with Crippen LogP contribution in [0.2, 0.25) is 0 Å². The molecule has 3 aromatic rings. The van der Waals surface area contributed by atoms with E-state index in [0.29, 0.717) is 32.8 Å². The van der Waals surface area contributed by atoms with Gasteiger partial charge in [0, 0.05) is 6.42 Å². The van der Waals surface area contributed by atoms with Gasteiger partial charge < -0.3 is 23.7 Å². The molecule has 5 atom stereocenters. The molecule has 3 aromatic carbocycles. The molecule has 0 bridgehead atoms. The van der Waals surface area contributed by atoms with Crippen LogP contribution >= 0.6 is 0 Å². The zero-order chi connectivity index (χ0) is 24.6. The second-order valence-corrected chi connectivity index (χ2v) is 9.36. The predicted octanol–water partition coefficient (Wildman–Crippen LogP) is 5.83. The number of rotatable bonds is 9. The van der Waals surface area contributed by atoms with Crippen LogP contribution in [0.3, 0.4) is 0 Å². The molecule has 0 aliphatic carbocycles. The molecular formula is C31H34O5. The summed E-state index contributed by atoms with van der Waals surface area (Å²) in [7, 11) is 0. The molecule has 0 radical (unpaired) electrons. The van der Waals surface area contributed by atoms with Crippen LogP contribution in [0, 0.1) is 0 Å². The topological polar surface area (TPSA) is 46.2 Å². The molecule has 0 amide bonds. The Labute approximate surface area is 213 Å². The summed E-state index contributed by atoms with van der Waals surface area (Å²) in [4.78, 5) is 0. The zero-order valence-electron chi connectivity index (χ0n) is 20.7. The van der Waals surface area contributed by atoms with Gasteiger partial charge in [-0.05, 0) is 23.6 Å². The van der Waals surface area contributed by atoms with Crippen molar-refractivity contribution in [1.29, 1.82) is 0 Å². The van der Waals surface area contributed by atoms with Gasteiger partial charge >= 0.3 is 0 Å². The van der Waals surface area contributed by atoms with Crippen LogP contribution in [0.4, 0.5) is 0 Å². The molecule has 1 spiro atoms. The van der Waals surface area contributed by atoms with Crippen molar-refractivity contribution in [2.24, 2.45) is 0 Å². The smallest absolute Gasteiger partial charge is 0.201 e. The van der Waals surface area contributed by atoms with Crippen LogP contribution in [0.1, 0.15) is 30.0 Å². The summed E-state index contributed by atoms with van der Waals surface area (Å²) in [6.07, 6.45) is 3.25. The van der Waals surface area contributed by atoms with Crippen molar-refractivity contribution in [3.05, 3.63) is 120 Å². The number of ether oxygens (including phenoxy) is 5. The molecule has 1 fully saturated rings. The Morgan fingerprint density at radius 2 is 1.17 bits per heavy atom. The largest absolute Gasteiger partial charge is 0.368 e. The average Bonchev–Trinajstić information content (AvgIpc) is 2.93. The van der Waals surface area contributed by atoms with Gasteiger partial charge in [0.15, 0.2) is 0 Å². The lowest BCUT2D eigenvalue weighted by Crippen LogP contribution is -2.67. The predicted molar refractivity (Wildman–Crippen MR) is 138 cm³/mol. The fourth-order valence-electron chi connectivity index (χ4n) is 4.91. The molecule has 1 saturated heterocycles. The van der Waals surface area contributed by atoms with E-state index in [1.807, 2.05) is 67.6 Å². The average molecular weight is 487 g/mol. The Hall–Kier alpha value is -2.80. The molecule has 0 saturated carbocycles. The molecule has 36 heavy (non-hydrogen) atoms. The number of hydrogen-bond donors (Lipinski definition) is 0. The van der Waals surface area contributed by atoms with Gasteiger partial charge in [-0.25, -0.2) is 0 Å². The van der Waals surface area contributed by atoms with Crippen molar-refractivity contribution in [1.82, 2.24) is 0 Å². The fourth-order valence-corrected chi connectivity index (χ4v) is 4.91. The van der Waals surface area contributed by atoms with E-state index in [2.05, 4.69) is 42.5 Å². The first-order valence-corrected chi connectivity index (χ1v) is 12.7. The summed E-state index contributed by atoms with van der Waals surface area (Å²) in [5.41, 5.74) is 3.28. The van der Waals surface area contributed by atoms with Crippen LogP contribution in [0.25, 0.3) is 0 Å². The molecule has 2 heterocycles. The van der Waals surface area contributed by atoms with E-state index in [0.717, 1.165) is 16.7 Å². The third-order valence-corrected chi connectivity index (χ3v) is 6.74. The van der Waals surface area contributed by atoms with Crippen molar-refractivity contribution in [2.45, 2.75) is 63.4 Å². The highest BCUT2D eigenvalue weighted by Gasteiger charge is 2.56. The first-order valence-electron chi connectivity index (χ1n) is 12.7. The van der Waals surface area contributed by atoms with E-state index < -0.39 is 18.0 Å². The second-order valence-electron chi connectivity index (χ2n) is 9.36. The third kappa shape index (κ3) is 5.94. The van der Waals surface area contributed by atoms with Crippen LogP contribution in [0.5, 0.6) is 0 Å². The van der Waals surface area contributed by atoms with Gasteiger partial charge in [0.2, 0.25) is 5.79 Å². The lowest BCUT2D eigenvalue weighted by atomic mass is 9.89. The highest BCUT2D eigenvalue weighted by molar-refractivity contribution is 5.16. The molecule has 0 N–H and O–H groups in total. The van der Waals surface area contributed by atoms with Crippen molar-refractivity contribution in [2.75, 3.05) is 6.61 Å². The van der Waals surface area contributed by atoms with Crippen LogP contribution in [-0.2, 0) is 43.5 Å². The summed E-state index contributed by atoms with van der Waals surface area (Å²) in [6, 6.07) is 30.5. The first kappa shape index (κ1) is 24.9. The third-order valence-electron chi connectivity index (χ3n) is 6.74. The summed E-state index contributed by atoms with van der Waals surface area (Å²) in [5, 5.41) is 0. The van der Waals surface area contributed by atoms with Gasteiger partial charge in [0.1, 0.15) is 18.3 Å². The van der Waals surface area contributed by atoms with E-state index >= 15 is 0 Å². The maximum Gasteiger partial charge on any atom is 0.201 e.